The Morgan fingerprint density at radius 3 is 2.42 bits per heavy atom. The summed E-state index contributed by atoms with van der Waals surface area (Å²) in [4.78, 5) is 20.3. The van der Waals surface area contributed by atoms with Crippen molar-refractivity contribution in [3.63, 3.8) is 0 Å². The molecule has 8 heteroatoms. The van der Waals surface area contributed by atoms with Crippen molar-refractivity contribution in [3.8, 4) is 0 Å². The van der Waals surface area contributed by atoms with Gasteiger partial charge in [-0.05, 0) is 56.1 Å². The molecule has 1 aliphatic carbocycles. The van der Waals surface area contributed by atoms with E-state index < -0.39 is 0 Å². The zero-order chi connectivity index (χ0) is 21.6. The summed E-state index contributed by atoms with van der Waals surface area (Å²) in [6.45, 7) is 4.94. The zero-order valence-corrected chi connectivity index (χ0v) is 18.2. The highest BCUT2D eigenvalue weighted by Gasteiger charge is 2.19. The van der Waals surface area contributed by atoms with Gasteiger partial charge in [-0.3, -0.25) is 10.1 Å². The third-order valence-corrected chi connectivity index (χ3v) is 6.36. The maximum absolute atomic E-state index is 11.4. The summed E-state index contributed by atoms with van der Waals surface area (Å²) in [5.41, 5.74) is 2.15. The Labute approximate surface area is 183 Å². The van der Waals surface area contributed by atoms with E-state index in [1.54, 1.807) is 6.07 Å². The number of nitro groups is 1. The summed E-state index contributed by atoms with van der Waals surface area (Å²) in [7, 11) is 2.15. The molecule has 1 aliphatic heterocycles. The van der Waals surface area contributed by atoms with Gasteiger partial charge in [0.05, 0.1) is 4.92 Å². The van der Waals surface area contributed by atoms with E-state index in [1.807, 2.05) is 12.1 Å². The van der Waals surface area contributed by atoms with Gasteiger partial charge in [0.1, 0.15) is 5.82 Å². The van der Waals surface area contributed by atoms with Crippen molar-refractivity contribution in [3.05, 3.63) is 46.5 Å². The highest BCUT2D eigenvalue weighted by molar-refractivity contribution is 5.65. The number of hydrogen-bond acceptors (Lipinski definition) is 7. The Morgan fingerprint density at radius 2 is 1.74 bits per heavy atom. The summed E-state index contributed by atoms with van der Waals surface area (Å²) >= 11 is 0. The van der Waals surface area contributed by atoms with E-state index in [0.717, 1.165) is 38.4 Å². The monoisotopic (exact) mass is 424 g/mol. The van der Waals surface area contributed by atoms with Crippen LogP contribution in [0.3, 0.4) is 0 Å². The summed E-state index contributed by atoms with van der Waals surface area (Å²) < 4.78 is 0. The standard InChI is InChI=1S/C23H32N6O2/c1-27-13-15-28(16-14-27)20-9-7-19(8-10-20)25-22-12-11-21(29(30)31)23(26-22)24-17-18-5-3-2-4-6-18/h7-12,18H,2-6,13-17H2,1H3,(H2,24,25,26). The number of piperazine rings is 1. The van der Waals surface area contributed by atoms with E-state index in [0.29, 0.717) is 17.6 Å². The second-order valence-corrected chi connectivity index (χ2v) is 8.67. The Hall–Kier alpha value is -2.87. The number of rotatable bonds is 7. The third kappa shape index (κ3) is 5.64. The average molecular weight is 425 g/mol. The number of benzene rings is 1. The molecule has 0 radical (unpaired) electrons. The minimum atomic E-state index is -0.370. The lowest BCUT2D eigenvalue weighted by Crippen LogP contribution is -2.44. The quantitative estimate of drug-likeness (QED) is 0.501. The van der Waals surface area contributed by atoms with E-state index in [1.165, 1.54) is 43.9 Å². The summed E-state index contributed by atoms with van der Waals surface area (Å²) in [5, 5.41) is 18.0. The van der Waals surface area contributed by atoms with Crippen molar-refractivity contribution in [1.29, 1.82) is 0 Å². The van der Waals surface area contributed by atoms with Gasteiger partial charge in [0, 0.05) is 50.2 Å². The van der Waals surface area contributed by atoms with Crippen LogP contribution in [-0.4, -0.2) is 54.6 Å². The topological polar surface area (TPSA) is 86.6 Å². The maximum atomic E-state index is 11.4. The van der Waals surface area contributed by atoms with Gasteiger partial charge in [-0.25, -0.2) is 4.98 Å². The zero-order valence-electron chi connectivity index (χ0n) is 18.2. The summed E-state index contributed by atoms with van der Waals surface area (Å²) in [6, 6.07) is 11.5. The number of nitrogens with zero attached hydrogens (tertiary/aromatic N) is 4. The molecular weight excluding hydrogens is 392 g/mol. The molecule has 2 aromatic rings. The van der Waals surface area contributed by atoms with E-state index >= 15 is 0 Å². The Bertz CT molecular complexity index is 874. The van der Waals surface area contributed by atoms with Gasteiger partial charge in [-0.15, -0.1) is 0 Å². The lowest BCUT2D eigenvalue weighted by atomic mass is 9.89. The lowest BCUT2D eigenvalue weighted by molar-refractivity contribution is -0.384. The fourth-order valence-corrected chi connectivity index (χ4v) is 4.40. The van der Waals surface area contributed by atoms with Gasteiger partial charge in [0.25, 0.3) is 0 Å². The van der Waals surface area contributed by atoms with Gasteiger partial charge in [-0.1, -0.05) is 19.3 Å². The Morgan fingerprint density at radius 1 is 1.03 bits per heavy atom. The molecule has 8 nitrogen and oxygen atoms in total. The average Bonchev–Trinajstić information content (AvgIpc) is 2.79. The van der Waals surface area contributed by atoms with Crippen LogP contribution in [0.15, 0.2) is 36.4 Å². The van der Waals surface area contributed by atoms with Crippen molar-refractivity contribution in [2.45, 2.75) is 32.1 Å². The van der Waals surface area contributed by atoms with Crippen molar-refractivity contribution in [2.24, 2.45) is 5.92 Å². The van der Waals surface area contributed by atoms with Crippen molar-refractivity contribution < 1.29 is 4.92 Å². The largest absolute Gasteiger partial charge is 0.369 e. The van der Waals surface area contributed by atoms with Crippen LogP contribution in [0.2, 0.25) is 0 Å². The van der Waals surface area contributed by atoms with Gasteiger partial charge in [0.15, 0.2) is 0 Å². The number of pyridine rings is 1. The number of aromatic nitrogens is 1. The molecule has 2 heterocycles. The molecule has 4 rings (SSSR count). The summed E-state index contributed by atoms with van der Waals surface area (Å²) in [5.74, 6) is 1.51. The van der Waals surface area contributed by atoms with Crippen molar-refractivity contribution in [2.75, 3.05) is 55.3 Å². The van der Waals surface area contributed by atoms with Crippen LogP contribution in [-0.2, 0) is 0 Å². The molecule has 1 aromatic carbocycles. The molecule has 0 atom stereocenters. The lowest BCUT2D eigenvalue weighted by Gasteiger charge is -2.34. The molecule has 2 N–H and O–H groups in total. The van der Waals surface area contributed by atoms with Crippen LogP contribution in [0.25, 0.3) is 0 Å². The fourth-order valence-electron chi connectivity index (χ4n) is 4.40. The Kier molecular flexibility index (Phi) is 6.86. The maximum Gasteiger partial charge on any atom is 0.311 e. The number of anilines is 4. The predicted octanol–water partition coefficient (Wildman–Crippen LogP) is 4.48. The highest BCUT2D eigenvalue weighted by atomic mass is 16.6. The number of likely N-dealkylation sites (N-methyl/N-ethyl adjacent to an activating group) is 1. The molecule has 0 spiro atoms. The van der Waals surface area contributed by atoms with Crippen LogP contribution in [0.1, 0.15) is 32.1 Å². The molecule has 166 valence electrons. The van der Waals surface area contributed by atoms with E-state index in [2.05, 4.69) is 44.6 Å². The number of nitrogens with one attached hydrogen (secondary N) is 2. The van der Waals surface area contributed by atoms with Gasteiger partial charge >= 0.3 is 5.69 Å². The second kappa shape index (κ2) is 9.96. The Balaban J connectivity index is 1.42. The van der Waals surface area contributed by atoms with Gasteiger partial charge in [0.2, 0.25) is 5.82 Å². The second-order valence-electron chi connectivity index (χ2n) is 8.67. The van der Waals surface area contributed by atoms with Crippen LogP contribution < -0.4 is 15.5 Å². The van der Waals surface area contributed by atoms with Crippen LogP contribution in [0, 0.1) is 16.0 Å². The molecule has 0 bridgehead atoms. The first-order valence-electron chi connectivity index (χ1n) is 11.3. The van der Waals surface area contributed by atoms with E-state index in [-0.39, 0.29) is 10.6 Å². The highest BCUT2D eigenvalue weighted by Crippen LogP contribution is 2.29. The van der Waals surface area contributed by atoms with Crippen molar-refractivity contribution in [1.82, 2.24) is 9.88 Å². The fraction of sp³-hybridized carbons (Fsp3) is 0.522. The molecule has 31 heavy (non-hydrogen) atoms. The van der Waals surface area contributed by atoms with E-state index in [9.17, 15) is 10.1 Å². The third-order valence-electron chi connectivity index (χ3n) is 6.36. The van der Waals surface area contributed by atoms with Gasteiger partial charge < -0.3 is 20.4 Å². The minimum absolute atomic E-state index is 0.0202. The molecule has 1 aromatic heterocycles. The predicted molar refractivity (Wildman–Crippen MR) is 125 cm³/mol. The smallest absolute Gasteiger partial charge is 0.311 e. The SMILES string of the molecule is CN1CCN(c2ccc(Nc3ccc([N+](=O)[O-])c(NCC4CCCCC4)n3)cc2)CC1. The summed E-state index contributed by atoms with van der Waals surface area (Å²) in [6.07, 6.45) is 6.14. The molecule has 0 amide bonds. The first-order chi connectivity index (χ1) is 15.1. The number of hydrogen-bond donors (Lipinski definition) is 2. The molecule has 1 saturated carbocycles. The molecule has 2 fully saturated rings. The first-order valence-corrected chi connectivity index (χ1v) is 11.3. The molecule has 2 aliphatic rings. The first kappa shape index (κ1) is 21.4. The van der Waals surface area contributed by atoms with Crippen LogP contribution in [0.4, 0.5) is 28.7 Å². The molecule has 1 saturated heterocycles. The van der Waals surface area contributed by atoms with Crippen LogP contribution in [0.5, 0.6) is 0 Å². The van der Waals surface area contributed by atoms with Gasteiger partial charge in [-0.2, -0.15) is 0 Å². The molecule has 0 unspecified atom stereocenters. The minimum Gasteiger partial charge on any atom is -0.369 e. The van der Waals surface area contributed by atoms with Crippen molar-refractivity contribution >= 4 is 28.7 Å². The van der Waals surface area contributed by atoms with Crippen LogP contribution >= 0.6 is 0 Å². The normalized spacial score (nSPS) is 18.0. The van der Waals surface area contributed by atoms with E-state index in [4.69, 9.17) is 0 Å². The molecular formula is C23H32N6O2.